The molecular weight excluding hydrogens is 400 g/mol. The fourth-order valence-electron chi connectivity index (χ4n) is 3.35. The molecular formula is C16H17ClN2O5S2. The van der Waals surface area contributed by atoms with Gasteiger partial charge in [-0.3, -0.25) is 4.98 Å². The van der Waals surface area contributed by atoms with Crippen LogP contribution in [-0.2, 0) is 24.8 Å². The standard InChI is InChI=1S/C16H17ClN2O5S2/c17-12-6-11-2-1-5-18-15(11)14(7-12)26(22,23)19-25(20,21)9-13-8-16(3-4-16)10-24-13/h1-2,5-7,13,19H,3-4,8-10H2. The third-order valence-corrected chi connectivity index (χ3v) is 8.62. The molecule has 2 fully saturated rings. The lowest BCUT2D eigenvalue weighted by Gasteiger charge is -2.13. The van der Waals surface area contributed by atoms with E-state index in [4.69, 9.17) is 16.3 Å². The molecule has 7 nitrogen and oxygen atoms in total. The summed E-state index contributed by atoms with van der Waals surface area (Å²) in [5.74, 6) is -0.389. The fourth-order valence-corrected chi connectivity index (χ4v) is 7.02. The van der Waals surface area contributed by atoms with Crippen molar-refractivity contribution in [3.8, 4) is 0 Å². The second-order valence-electron chi connectivity index (χ2n) is 6.98. The van der Waals surface area contributed by atoms with Gasteiger partial charge in [-0.2, -0.15) is 0 Å². The molecule has 10 heteroatoms. The van der Waals surface area contributed by atoms with Crippen molar-refractivity contribution >= 4 is 42.6 Å². The Hall–Kier alpha value is -1.26. The van der Waals surface area contributed by atoms with Crippen LogP contribution in [0.1, 0.15) is 19.3 Å². The molecule has 4 rings (SSSR count). The maximum absolute atomic E-state index is 12.7. The zero-order valence-electron chi connectivity index (χ0n) is 13.7. The Morgan fingerprint density at radius 1 is 1.27 bits per heavy atom. The van der Waals surface area contributed by atoms with E-state index in [1.807, 2.05) is 4.13 Å². The molecule has 1 spiro atoms. The number of fused-ring (bicyclic) bond motifs is 1. The van der Waals surface area contributed by atoms with Gasteiger partial charge < -0.3 is 4.74 Å². The summed E-state index contributed by atoms with van der Waals surface area (Å²) in [6.07, 6.45) is 3.67. The van der Waals surface area contributed by atoms with Gasteiger partial charge in [-0.15, -0.1) is 4.13 Å². The van der Waals surface area contributed by atoms with Gasteiger partial charge in [0.2, 0.25) is 10.0 Å². The van der Waals surface area contributed by atoms with Crippen LogP contribution >= 0.6 is 11.6 Å². The largest absolute Gasteiger partial charge is 0.377 e. The van der Waals surface area contributed by atoms with Crippen molar-refractivity contribution in [2.24, 2.45) is 5.41 Å². The van der Waals surface area contributed by atoms with Crippen molar-refractivity contribution in [2.75, 3.05) is 12.4 Å². The summed E-state index contributed by atoms with van der Waals surface area (Å²) in [6, 6.07) is 6.06. The molecule has 2 aromatic rings. The van der Waals surface area contributed by atoms with Crippen molar-refractivity contribution in [1.29, 1.82) is 0 Å². The van der Waals surface area contributed by atoms with E-state index in [0.717, 1.165) is 12.8 Å². The maximum atomic E-state index is 12.7. The average molecular weight is 417 g/mol. The van der Waals surface area contributed by atoms with Crippen LogP contribution in [0.4, 0.5) is 0 Å². The first-order chi connectivity index (χ1) is 12.2. The summed E-state index contributed by atoms with van der Waals surface area (Å²) in [4.78, 5) is 3.78. The van der Waals surface area contributed by atoms with Crippen molar-refractivity contribution < 1.29 is 21.6 Å². The van der Waals surface area contributed by atoms with E-state index in [1.165, 1.54) is 12.3 Å². The third-order valence-electron chi connectivity index (χ3n) is 4.81. The molecule has 1 aromatic carbocycles. The highest BCUT2D eigenvalue weighted by atomic mass is 35.5. The summed E-state index contributed by atoms with van der Waals surface area (Å²) >= 11 is 5.99. The molecule has 1 atom stereocenters. The summed E-state index contributed by atoms with van der Waals surface area (Å²) < 4.78 is 57.5. The van der Waals surface area contributed by atoms with Gasteiger partial charge in [-0.25, -0.2) is 16.8 Å². The van der Waals surface area contributed by atoms with E-state index in [-0.39, 0.29) is 26.6 Å². The van der Waals surface area contributed by atoms with Gasteiger partial charge in [0.15, 0.2) is 0 Å². The lowest BCUT2D eigenvalue weighted by Crippen LogP contribution is -2.36. The van der Waals surface area contributed by atoms with Gasteiger partial charge in [0.05, 0.1) is 24.0 Å². The minimum Gasteiger partial charge on any atom is -0.377 e. The highest BCUT2D eigenvalue weighted by Crippen LogP contribution is 2.53. The Balaban J connectivity index is 1.61. The Morgan fingerprint density at radius 3 is 2.73 bits per heavy atom. The molecule has 2 aliphatic rings. The Morgan fingerprint density at radius 2 is 2.04 bits per heavy atom. The van der Waals surface area contributed by atoms with Gasteiger partial charge >= 0.3 is 0 Å². The number of benzene rings is 1. The van der Waals surface area contributed by atoms with Gasteiger partial charge in [0, 0.05) is 16.6 Å². The second-order valence-corrected chi connectivity index (χ2v) is 11.1. The van der Waals surface area contributed by atoms with Crippen molar-refractivity contribution in [3.05, 3.63) is 35.5 Å². The molecule has 2 heterocycles. The number of sulfonamides is 2. The van der Waals surface area contributed by atoms with Gasteiger partial charge in [-0.05, 0) is 42.9 Å². The topological polar surface area (TPSA) is 102 Å². The Kier molecular flexibility index (Phi) is 4.27. The lowest BCUT2D eigenvalue weighted by molar-refractivity contribution is 0.120. The number of hydrogen-bond donors (Lipinski definition) is 1. The van der Waals surface area contributed by atoms with E-state index < -0.39 is 26.2 Å². The minimum atomic E-state index is -4.36. The second kappa shape index (κ2) is 6.13. The van der Waals surface area contributed by atoms with Crippen LogP contribution in [0.2, 0.25) is 5.02 Å². The Labute approximate surface area is 156 Å². The van der Waals surface area contributed by atoms with Crippen LogP contribution in [0.15, 0.2) is 35.4 Å². The molecule has 0 bridgehead atoms. The van der Waals surface area contributed by atoms with Crippen LogP contribution in [0.3, 0.4) is 0 Å². The van der Waals surface area contributed by atoms with Crippen LogP contribution in [0.25, 0.3) is 10.9 Å². The number of hydrogen-bond acceptors (Lipinski definition) is 6. The summed E-state index contributed by atoms with van der Waals surface area (Å²) in [5, 5.41) is 0.686. The molecule has 1 unspecified atom stereocenters. The fraction of sp³-hybridized carbons (Fsp3) is 0.438. The Bertz CT molecular complexity index is 1080. The SMILES string of the molecule is O=S(=O)(CC1CC2(CC2)CO1)NS(=O)(=O)c1cc(Cl)cc2cccnc12. The molecule has 1 N–H and O–H groups in total. The normalized spacial score (nSPS) is 22.1. The molecule has 1 saturated carbocycles. The van der Waals surface area contributed by atoms with Gasteiger partial charge in [0.25, 0.3) is 10.0 Å². The minimum absolute atomic E-state index is 0.117. The van der Waals surface area contributed by atoms with Gasteiger partial charge in [-0.1, -0.05) is 17.7 Å². The first-order valence-electron chi connectivity index (χ1n) is 8.10. The monoisotopic (exact) mass is 416 g/mol. The van der Waals surface area contributed by atoms with Crippen molar-refractivity contribution in [2.45, 2.75) is 30.3 Å². The quantitative estimate of drug-likeness (QED) is 0.800. The van der Waals surface area contributed by atoms with E-state index in [9.17, 15) is 16.8 Å². The van der Waals surface area contributed by atoms with E-state index in [2.05, 4.69) is 4.98 Å². The number of nitrogens with zero attached hydrogens (tertiary/aromatic N) is 1. The first kappa shape index (κ1) is 18.1. The zero-order valence-corrected chi connectivity index (χ0v) is 16.1. The number of nitrogens with one attached hydrogen (secondary N) is 1. The average Bonchev–Trinajstić information content (AvgIpc) is 3.18. The highest BCUT2D eigenvalue weighted by Gasteiger charge is 2.50. The van der Waals surface area contributed by atoms with E-state index >= 15 is 0 Å². The number of ether oxygens (including phenoxy) is 1. The van der Waals surface area contributed by atoms with E-state index in [0.29, 0.717) is 18.4 Å². The first-order valence-corrected chi connectivity index (χ1v) is 11.6. The molecule has 0 amide bonds. The van der Waals surface area contributed by atoms with E-state index in [1.54, 1.807) is 18.2 Å². The van der Waals surface area contributed by atoms with Crippen molar-refractivity contribution in [3.63, 3.8) is 0 Å². The smallest absolute Gasteiger partial charge is 0.255 e. The molecule has 140 valence electrons. The molecule has 26 heavy (non-hydrogen) atoms. The van der Waals surface area contributed by atoms with Gasteiger partial charge in [0.1, 0.15) is 4.90 Å². The summed E-state index contributed by atoms with van der Waals surface area (Å²) in [7, 11) is -8.47. The molecule has 1 aliphatic carbocycles. The highest BCUT2D eigenvalue weighted by molar-refractivity contribution is 8.04. The molecule has 1 aliphatic heterocycles. The van der Waals surface area contributed by atoms with Crippen LogP contribution in [-0.4, -0.2) is 40.3 Å². The molecule has 1 aromatic heterocycles. The number of aromatic nitrogens is 1. The summed E-state index contributed by atoms with van der Waals surface area (Å²) in [6.45, 7) is 0.544. The number of pyridine rings is 1. The predicted molar refractivity (Wildman–Crippen MR) is 96.9 cm³/mol. The molecule has 0 radical (unpaired) electrons. The predicted octanol–water partition coefficient (Wildman–Crippen LogP) is 2.07. The van der Waals surface area contributed by atoms with Crippen LogP contribution in [0.5, 0.6) is 0 Å². The molecule has 1 saturated heterocycles. The summed E-state index contributed by atoms with van der Waals surface area (Å²) in [5.41, 5.74) is 0.278. The third kappa shape index (κ3) is 3.59. The van der Waals surface area contributed by atoms with Crippen LogP contribution < -0.4 is 4.13 Å². The van der Waals surface area contributed by atoms with Crippen molar-refractivity contribution in [1.82, 2.24) is 9.11 Å². The van der Waals surface area contributed by atoms with Crippen LogP contribution in [0, 0.1) is 5.41 Å². The zero-order chi connectivity index (χ0) is 18.6. The number of rotatable bonds is 5. The lowest BCUT2D eigenvalue weighted by atomic mass is 10.0. The maximum Gasteiger partial charge on any atom is 0.255 e. The number of halogens is 1.